The first-order valence-corrected chi connectivity index (χ1v) is 11.5. The molecular formula is C19H16Cl3NO3S2. The third-order valence-corrected chi connectivity index (χ3v) is 7.42. The van der Waals surface area contributed by atoms with Gasteiger partial charge in [-0.25, -0.2) is 9.78 Å². The van der Waals surface area contributed by atoms with Crippen molar-refractivity contribution in [3.63, 3.8) is 0 Å². The quantitative estimate of drug-likeness (QED) is 0.349. The molecule has 4 atom stereocenters. The number of aliphatic hydroxyl groups excluding tert-OH is 1. The molecule has 0 radical (unpaired) electrons. The Morgan fingerprint density at radius 3 is 2.68 bits per heavy atom. The van der Waals surface area contributed by atoms with E-state index in [2.05, 4.69) is 16.8 Å². The molecule has 1 aromatic heterocycles. The Kier molecular flexibility index (Phi) is 7.54. The summed E-state index contributed by atoms with van der Waals surface area (Å²) in [6.45, 7) is 0. The molecule has 0 spiro atoms. The van der Waals surface area contributed by atoms with Gasteiger partial charge in [-0.15, -0.1) is 22.9 Å². The number of aromatic carboxylic acids is 1. The fraction of sp³-hybridized carbons (Fsp3) is 0.368. The molecular weight excluding hydrogens is 461 g/mol. The van der Waals surface area contributed by atoms with E-state index >= 15 is 0 Å². The van der Waals surface area contributed by atoms with Gasteiger partial charge >= 0.3 is 5.97 Å². The van der Waals surface area contributed by atoms with E-state index in [1.807, 2.05) is 0 Å². The van der Waals surface area contributed by atoms with Crippen molar-refractivity contribution >= 4 is 63.9 Å². The van der Waals surface area contributed by atoms with E-state index in [0.717, 1.165) is 6.42 Å². The van der Waals surface area contributed by atoms with Crippen molar-refractivity contribution in [2.24, 2.45) is 11.8 Å². The second-order valence-corrected chi connectivity index (χ2v) is 10.0. The molecule has 1 fully saturated rings. The number of rotatable bonds is 5. The van der Waals surface area contributed by atoms with Gasteiger partial charge in [-0.1, -0.05) is 46.8 Å². The minimum atomic E-state index is -1.03. The van der Waals surface area contributed by atoms with Crippen molar-refractivity contribution in [2.75, 3.05) is 5.75 Å². The van der Waals surface area contributed by atoms with Crippen molar-refractivity contribution in [1.29, 1.82) is 0 Å². The van der Waals surface area contributed by atoms with Gasteiger partial charge in [0.2, 0.25) is 0 Å². The summed E-state index contributed by atoms with van der Waals surface area (Å²) in [4.78, 5) is 15.0. The molecule has 148 valence electrons. The van der Waals surface area contributed by atoms with Crippen molar-refractivity contribution in [2.45, 2.75) is 28.7 Å². The summed E-state index contributed by atoms with van der Waals surface area (Å²) < 4.78 is 0.707. The van der Waals surface area contributed by atoms with Gasteiger partial charge in [-0.2, -0.15) is 0 Å². The summed E-state index contributed by atoms with van der Waals surface area (Å²) in [6, 6.07) is 5.10. The van der Waals surface area contributed by atoms with Crippen LogP contribution in [0.5, 0.6) is 0 Å². The zero-order valence-corrected chi connectivity index (χ0v) is 18.3. The number of hydrogen-bond acceptors (Lipinski definition) is 5. The van der Waals surface area contributed by atoms with Crippen molar-refractivity contribution < 1.29 is 15.0 Å². The Balaban J connectivity index is 1.65. The van der Waals surface area contributed by atoms with E-state index in [-0.39, 0.29) is 22.9 Å². The average Bonchev–Trinajstić information content (AvgIpc) is 3.18. The summed E-state index contributed by atoms with van der Waals surface area (Å²) in [5.74, 6) is 5.68. The van der Waals surface area contributed by atoms with Crippen LogP contribution in [0.25, 0.3) is 0 Å². The van der Waals surface area contributed by atoms with E-state index in [0.29, 0.717) is 32.1 Å². The van der Waals surface area contributed by atoms with E-state index in [1.54, 1.807) is 18.2 Å². The molecule has 0 amide bonds. The highest BCUT2D eigenvalue weighted by Gasteiger charge is 2.40. The normalized spacial score (nSPS) is 24.0. The van der Waals surface area contributed by atoms with Crippen LogP contribution >= 0.6 is 57.9 Å². The Labute approximate surface area is 186 Å². The number of thiazole rings is 1. The van der Waals surface area contributed by atoms with Gasteiger partial charge in [0.05, 0.1) is 12.0 Å². The number of thioether (sulfide) groups is 1. The molecule has 28 heavy (non-hydrogen) atoms. The number of aliphatic hydroxyl groups is 1. The lowest BCUT2D eigenvalue weighted by Crippen LogP contribution is -2.19. The number of alkyl halides is 1. The highest BCUT2D eigenvalue weighted by molar-refractivity contribution is 8.01. The van der Waals surface area contributed by atoms with Gasteiger partial charge in [0.1, 0.15) is 0 Å². The number of carboxylic acid groups (broad SMARTS) is 1. The molecule has 0 bridgehead atoms. The average molecular weight is 477 g/mol. The maximum absolute atomic E-state index is 10.9. The van der Waals surface area contributed by atoms with E-state index in [9.17, 15) is 9.90 Å². The van der Waals surface area contributed by atoms with Crippen LogP contribution < -0.4 is 0 Å². The molecule has 2 N–H and O–H groups in total. The fourth-order valence-electron chi connectivity index (χ4n) is 3.12. The summed E-state index contributed by atoms with van der Waals surface area (Å²) in [5.41, 5.74) is 0.753. The van der Waals surface area contributed by atoms with E-state index in [1.165, 1.54) is 28.5 Å². The number of halogens is 3. The molecule has 2 aromatic rings. The lowest BCUT2D eigenvalue weighted by atomic mass is 9.92. The maximum atomic E-state index is 10.9. The van der Waals surface area contributed by atoms with Gasteiger partial charge in [-0.05, 0) is 37.0 Å². The molecule has 1 aromatic carbocycles. The SMILES string of the molecule is O=C(O)c1csc(SCC[C@@H]2[C@@H](C#Cc3cc(Cl)cc(Cl)c3)[C@H](O)C[C@H]2Cl)n1. The molecule has 3 rings (SSSR count). The molecule has 9 heteroatoms. The van der Waals surface area contributed by atoms with Crippen molar-refractivity contribution in [3.05, 3.63) is 44.9 Å². The first-order valence-electron chi connectivity index (χ1n) is 8.45. The van der Waals surface area contributed by atoms with Gasteiger partial charge in [-0.3, -0.25) is 0 Å². The molecule has 1 heterocycles. The Morgan fingerprint density at radius 2 is 2.04 bits per heavy atom. The summed E-state index contributed by atoms with van der Waals surface area (Å²) in [7, 11) is 0. The number of aromatic nitrogens is 1. The molecule has 1 saturated carbocycles. The lowest BCUT2D eigenvalue weighted by molar-refractivity contribution is 0.0691. The van der Waals surface area contributed by atoms with Crippen LogP contribution in [-0.2, 0) is 0 Å². The largest absolute Gasteiger partial charge is 0.476 e. The second-order valence-electron chi connectivity index (χ2n) is 6.38. The topological polar surface area (TPSA) is 70.4 Å². The lowest BCUT2D eigenvalue weighted by Gasteiger charge is -2.18. The first kappa shape index (κ1) is 21.8. The van der Waals surface area contributed by atoms with Gasteiger partial charge in [0.15, 0.2) is 10.0 Å². The van der Waals surface area contributed by atoms with Gasteiger partial charge in [0, 0.05) is 32.1 Å². The maximum Gasteiger partial charge on any atom is 0.355 e. The minimum absolute atomic E-state index is 0.0326. The third-order valence-electron chi connectivity index (χ3n) is 4.43. The predicted molar refractivity (Wildman–Crippen MR) is 115 cm³/mol. The fourth-order valence-corrected chi connectivity index (χ4v) is 6.03. The van der Waals surface area contributed by atoms with Crippen LogP contribution in [0.15, 0.2) is 27.9 Å². The van der Waals surface area contributed by atoms with Crippen LogP contribution in [0.3, 0.4) is 0 Å². The van der Waals surface area contributed by atoms with Crippen LogP contribution in [0.1, 0.15) is 28.9 Å². The summed E-state index contributed by atoms with van der Waals surface area (Å²) in [6.07, 6.45) is 0.652. The predicted octanol–water partition coefficient (Wildman–Crippen LogP) is 5.29. The van der Waals surface area contributed by atoms with Crippen LogP contribution in [0.4, 0.5) is 0 Å². The number of carboxylic acids is 1. The summed E-state index contributed by atoms with van der Waals surface area (Å²) >= 11 is 21.3. The van der Waals surface area contributed by atoms with Crippen LogP contribution in [-0.4, -0.2) is 38.4 Å². The molecule has 1 aliphatic carbocycles. The molecule has 0 unspecified atom stereocenters. The zero-order chi connectivity index (χ0) is 20.3. The highest BCUT2D eigenvalue weighted by atomic mass is 35.5. The monoisotopic (exact) mass is 475 g/mol. The Bertz CT molecular complexity index is 904. The molecule has 4 nitrogen and oxygen atoms in total. The first-order chi connectivity index (χ1) is 13.3. The molecule has 0 saturated heterocycles. The van der Waals surface area contributed by atoms with Crippen LogP contribution in [0, 0.1) is 23.7 Å². The number of hydrogen-bond donors (Lipinski definition) is 2. The number of benzene rings is 1. The minimum Gasteiger partial charge on any atom is -0.476 e. The third kappa shape index (κ3) is 5.56. The second kappa shape index (κ2) is 9.71. The standard InChI is InChI=1S/C19H16Cl3NO3S2/c20-11-5-10(6-12(21)7-11)1-2-14-13(15(22)8-17(14)24)3-4-27-19-23-16(9-28-19)18(25)26/h5-7,9,13-15,17,24H,3-4,8H2,(H,25,26)/t13-,14-,15-,17-/m1/s1. The van der Waals surface area contributed by atoms with Gasteiger partial charge in [0.25, 0.3) is 0 Å². The number of nitrogens with zero attached hydrogens (tertiary/aromatic N) is 1. The van der Waals surface area contributed by atoms with Crippen LogP contribution in [0.2, 0.25) is 10.0 Å². The van der Waals surface area contributed by atoms with Crippen molar-refractivity contribution in [1.82, 2.24) is 4.98 Å². The summed E-state index contributed by atoms with van der Waals surface area (Å²) in [5, 5.41) is 21.7. The zero-order valence-electron chi connectivity index (χ0n) is 14.4. The van der Waals surface area contributed by atoms with Crippen molar-refractivity contribution in [3.8, 4) is 11.8 Å². The van der Waals surface area contributed by atoms with E-state index in [4.69, 9.17) is 39.9 Å². The Hall–Kier alpha value is -0.940. The number of carbonyl (C=O) groups is 1. The van der Waals surface area contributed by atoms with Gasteiger partial charge < -0.3 is 10.2 Å². The smallest absolute Gasteiger partial charge is 0.355 e. The molecule has 1 aliphatic rings. The van der Waals surface area contributed by atoms with E-state index < -0.39 is 12.1 Å². The molecule has 0 aliphatic heterocycles. The Morgan fingerprint density at radius 1 is 1.32 bits per heavy atom. The highest BCUT2D eigenvalue weighted by Crippen LogP contribution is 2.39.